The summed E-state index contributed by atoms with van der Waals surface area (Å²) in [5.41, 5.74) is 3.66. The van der Waals surface area contributed by atoms with Gasteiger partial charge in [0.25, 0.3) is 0 Å². The van der Waals surface area contributed by atoms with E-state index in [1.165, 1.54) is 94.6 Å². The van der Waals surface area contributed by atoms with E-state index in [4.69, 9.17) is 4.74 Å². The van der Waals surface area contributed by atoms with Gasteiger partial charge in [-0.25, -0.2) is 0 Å². The molecule has 1 heterocycles. The number of ether oxygens (including phenoxy) is 1. The second-order valence-electron chi connectivity index (χ2n) is 9.49. The number of hydrogen-bond acceptors (Lipinski definition) is 2. The van der Waals surface area contributed by atoms with E-state index in [0.717, 1.165) is 23.3 Å². The highest BCUT2D eigenvalue weighted by Crippen LogP contribution is 2.34. The molecule has 0 aliphatic heterocycles. The quantitative estimate of drug-likeness (QED) is 0.302. The largest absolute Gasteiger partial charge is 0.492 e. The van der Waals surface area contributed by atoms with Crippen LogP contribution >= 0.6 is 0 Å². The van der Waals surface area contributed by atoms with E-state index >= 15 is 0 Å². The second kappa shape index (κ2) is 13.6. The molecule has 0 N–H and O–H groups in total. The molecular formula is C29H43NO. The summed E-state index contributed by atoms with van der Waals surface area (Å²) in [7, 11) is 0. The van der Waals surface area contributed by atoms with Gasteiger partial charge < -0.3 is 4.74 Å². The van der Waals surface area contributed by atoms with Crippen LogP contribution in [0.5, 0.6) is 5.75 Å². The van der Waals surface area contributed by atoms with Crippen LogP contribution in [-0.4, -0.2) is 11.6 Å². The van der Waals surface area contributed by atoms with Crippen LogP contribution in [0.2, 0.25) is 0 Å². The molecule has 1 aromatic heterocycles. The first-order valence-corrected chi connectivity index (χ1v) is 13.0. The topological polar surface area (TPSA) is 22.1 Å². The maximum absolute atomic E-state index is 5.49. The molecule has 170 valence electrons. The SMILES string of the molecule is CCCCCCCCC1CCC(CCc2ccc(-c3ccc(OCC)cn3)cc2)CC1. The normalized spacial score (nSPS) is 18.8. The lowest BCUT2D eigenvalue weighted by molar-refractivity contribution is 0.248. The fourth-order valence-electron chi connectivity index (χ4n) is 5.04. The van der Waals surface area contributed by atoms with Crippen LogP contribution in [0.25, 0.3) is 11.3 Å². The Kier molecular flexibility index (Phi) is 10.4. The van der Waals surface area contributed by atoms with Crippen molar-refractivity contribution in [3.63, 3.8) is 0 Å². The lowest BCUT2D eigenvalue weighted by atomic mass is 9.77. The number of aryl methyl sites for hydroxylation is 1. The summed E-state index contributed by atoms with van der Waals surface area (Å²) in [5.74, 6) is 2.79. The summed E-state index contributed by atoms with van der Waals surface area (Å²) in [4.78, 5) is 4.54. The monoisotopic (exact) mass is 421 g/mol. The highest BCUT2D eigenvalue weighted by Gasteiger charge is 2.20. The summed E-state index contributed by atoms with van der Waals surface area (Å²) in [6, 6.07) is 13.1. The molecule has 0 spiro atoms. The van der Waals surface area contributed by atoms with Gasteiger partial charge in [0.05, 0.1) is 18.5 Å². The fourth-order valence-corrected chi connectivity index (χ4v) is 5.04. The third-order valence-corrected chi connectivity index (χ3v) is 7.07. The first kappa shape index (κ1) is 23.8. The van der Waals surface area contributed by atoms with Crippen molar-refractivity contribution in [3.05, 3.63) is 48.2 Å². The molecule has 0 saturated heterocycles. The van der Waals surface area contributed by atoms with Crippen molar-refractivity contribution in [2.24, 2.45) is 11.8 Å². The molecule has 0 atom stereocenters. The minimum Gasteiger partial charge on any atom is -0.492 e. The summed E-state index contributed by atoms with van der Waals surface area (Å²) in [6.07, 6.45) is 20.3. The fraction of sp³-hybridized carbons (Fsp3) is 0.621. The molecule has 1 saturated carbocycles. The van der Waals surface area contributed by atoms with E-state index in [1.54, 1.807) is 0 Å². The van der Waals surface area contributed by atoms with Gasteiger partial charge in [0, 0.05) is 5.56 Å². The molecule has 0 unspecified atom stereocenters. The van der Waals surface area contributed by atoms with E-state index in [9.17, 15) is 0 Å². The summed E-state index contributed by atoms with van der Waals surface area (Å²) in [6.45, 7) is 4.97. The number of aromatic nitrogens is 1. The molecule has 31 heavy (non-hydrogen) atoms. The zero-order valence-corrected chi connectivity index (χ0v) is 20.0. The lowest BCUT2D eigenvalue weighted by Gasteiger charge is -2.28. The Morgan fingerprint density at radius 2 is 1.45 bits per heavy atom. The minimum atomic E-state index is 0.677. The van der Waals surface area contributed by atoms with Crippen LogP contribution in [0.1, 0.15) is 96.5 Å². The number of pyridine rings is 1. The average Bonchev–Trinajstić information content (AvgIpc) is 2.82. The lowest BCUT2D eigenvalue weighted by Crippen LogP contribution is -2.15. The zero-order chi connectivity index (χ0) is 21.7. The molecule has 0 bridgehead atoms. The Balaban J connectivity index is 1.33. The molecule has 0 radical (unpaired) electrons. The maximum Gasteiger partial charge on any atom is 0.137 e. The summed E-state index contributed by atoms with van der Waals surface area (Å²) in [5, 5.41) is 0. The third kappa shape index (κ3) is 8.31. The van der Waals surface area contributed by atoms with Crippen molar-refractivity contribution >= 4 is 0 Å². The van der Waals surface area contributed by atoms with E-state index < -0.39 is 0 Å². The van der Waals surface area contributed by atoms with Crippen molar-refractivity contribution in [1.82, 2.24) is 4.98 Å². The van der Waals surface area contributed by atoms with Crippen molar-refractivity contribution in [2.75, 3.05) is 6.61 Å². The number of unbranched alkanes of at least 4 members (excludes halogenated alkanes) is 5. The van der Waals surface area contributed by atoms with Crippen LogP contribution in [0.15, 0.2) is 42.6 Å². The highest BCUT2D eigenvalue weighted by atomic mass is 16.5. The minimum absolute atomic E-state index is 0.677. The zero-order valence-electron chi connectivity index (χ0n) is 20.0. The van der Waals surface area contributed by atoms with Crippen LogP contribution in [0.4, 0.5) is 0 Å². The molecule has 1 aliphatic carbocycles. The Morgan fingerprint density at radius 3 is 2.10 bits per heavy atom. The Hall–Kier alpha value is -1.83. The number of hydrogen-bond donors (Lipinski definition) is 0. The van der Waals surface area contributed by atoms with Crippen molar-refractivity contribution in [2.45, 2.75) is 97.3 Å². The van der Waals surface area contributed by atoms with Gasteiger partial charge in [0.15, 0.2) is 0 Å². The predicted molar refractivity (Wildman–Crippen MR) is 133 cm³/mol. The van der Waals surface area contributed by atoms with Gasteiger partial charge in [0.2, 0.25) is 0 Å². The second-order valence-corrected chi connectivity index (χ2v) is 9.49. The summed E-state index contributed by atoms with van der Waals surface area (Å²) < 4.78 is 5.49. The van der Waals surface area contributed by atoms with Gasteiger partial charge in [-0.05, 0) is 49.3 Å². The molecular weight excluding hydrogens is 378 g/mol. The van der Waals surface area contributed by atoms with Crippen molar-refractivity contribution in [3.8, 4) is 17.0 Å². The first-order valence-electron chi connectivity index (χ1n) is 13.0. The van der Waals surface area contributed by atoms with Crippen molar-refractivity contribution in [1.29, 1.82) is 0 Å². The molecule has 1 aromatic carbocycles. The molecule has 3 rings (SSSR count). The van der Waals surface area contributed by atoms with E-state index in [-0.39, 0.29) is 0 Å². The number of nitrogens with zero attached hydrogens (tertiary/aromatic N) is 1. The van der Waals surface area contributed by atoms with Gasteiger partial charge in [-0.2, -0.15) is 0 Å². The van der Waals surface area contributed by atoms with Crippen LogP contribution in [0, 0.1) is 11.8 Å². The van der Waals surface area contributed by atoms with Crippen LogP contribution in [0.3, 0.4) is 0 Å². The molecule has 1 aliphatic rings. The van der Waals surface area contributed by atoms with Gasteiger partial charge in [-0.3, -0.25) is 4.98 Å². The van der Waals surface area contributed by atoms with Gasteiger partial charge in [-0.1, -0.05) is 102 Å². The maximum atomic E-state index is 5.49. The molecule has 2 heteroatoms. The standard InChI is InChI=1S/C29H43NO/c1-3-5-6-7-8-9-10-24-11-13-25(14-12-24)15-16-26-17-19-27(20-18-26)29-22-21-28(23-30-29)31-4-2/h17-25H,3-16H2,1-2H3. The average molecular weight is 422 g/mol. The van der Waals surface area contributed by atoms with Crippen LogP contribution in [-0.2, 0) is 6.42 Å². The van der Waals surface area contributed by atoms with Crippen molar-refractivity contribution < 1.29 is 4.74 Å². The predicted octanol–water partition coefficient (Wildman–Crippen LogP) is 8.64. The number of benzene rings is 1. The van der Waals surface area contributed by atoms with E-state index in [2.05, 4.69) is 36.2 Å². The van der Waals surface area contributed by atoms with Gasteiger partial charge >= 0.3 is 0 Å². The highest BCUT2D eigenvalue weighted by molar-refractivity contribution is 5.59. The number of rotatable bonds is 13. The summed E-state index contributed by atoms with van der Waals surface area (Å²) >= 11 is 0. The Bertz CT molecular complexity index is 713. The molecule has 2 nitrogen and oxygen atoms in total. The smallest absolute Gasteiger partial charge is 0.137 e. The Morgan fingerprint density at radius 1 is 0.774 bits per heavy atom. The Labute approximate surface area is 190 Å². The first-order chi connectivity index (χ1) is 15.3. The molecule has 1 fully saturated rings. The molecule has 2 aromatic rings. The van der Waals surface area contributed by atoms with E-state index in [1.807, 2.05) is 25.3 Å². The van der Waals surface area contributed by atoms with Gasteiger partial charge in [-0.15, -0.1) is 0 Å². The van der Waals surface area contributed by atoms with E-state index in [0.29, 0.717) is 6.61 Å². The third-order valence-electron chi connectivity index (χ3n) is 7.07. The van der Waals surface area contributed by atoms with Crippen LogP contribution < -0.4 is 4.74 Å². The molecule has 0 amide bonds. The van der Waals surface area contributed by atoms with Gasteiger partial charge in [0.1, 0.15) is 5.75 Å².